The molecule has 1 saturated heterocycles. The molecule has 3 aromatic heterocycles. The number of carbonyl (C=O) groups excluding carboxylic acids is 2. The van der Waals surface area contributed by atoms with Crippen molar-refractivity contribution in [3.8, 4) is 0 Å². The van der Waals surface area contributed by atoms with Crippen LogP contribution in [0.1, 0.15) is 48.1 Å². The smallest absolute Gasteiger partial charge is 0.274 e. The topological polar surface area (TPSA) is 86.6 Å². The minimum absolute atomic E-state index is 0.0602. The second-order valence-electron chi connectivity index (χ2n) is 7.79. The molecule has 0 bridgehead atoms. The van der Waals surface area contributed by atoms with Gasteiger partial charge in [0.2, 0.25) is 5.91 Å². The Morgan fingerprint density at radius 3 is 2.79 bits per heavy atom. The van der Waals surface area contributed by atoms with Crippen molar-refractivity contribution in [3.05, 3.63) is 54.0 Å². The molecule has 3 aromatic rings. The standard InChI is InChI=1S/C21H24N6O2/c1-2-18(28)27-10-6-15-19(23-14-22-15)21(27)7-11-25(12-8-21)20(29)16-13-26-9-4-3-5-17(26)24-16/h3-5,9,13-14H,2,6-8,10-12H2,1H3,(H,22,23). The molecule has 2 amide bonds. The lowest BCUT2D eigenvalue weighted by Gasteiger charge is -2.50. The Kier molecular flexibility index (Phi) is 4.15. The molecule has 2 aliphatic rings. The van der Waals surface area contributed by atoms with Gasteiger partial charge in [-0.05, 0) is 25.0 Å². The van der Waals surface area contributed by atoms with Crippen molar-refractivity contribution in [3.63, 3.8) is 0 Å². The van der Waals surface area contributed by atoms with E-state index in [0.29, 0.717) is 44.6 Å². The van der Waals surface area contributed by atoms with E-state index in [1.165, 1.54) is 0 Å². The summed E-state index contributed by atoms with van der Waals surface area (Å²) in [7, 11) is 0. The maximum Gasteiger partial charge on any atom is 0.274 e. The van der Waals surface area contributed by atoms with E-state index in [9.17, 15) is 9.59 Å². The summed E-state index contributed by atoms with van der Waals surface area (Å²) >= 11 is 0. The molecule has 0 saturated carbocycles. The van der Waals surface area contributed by atoms with Gasteiger partial charge in [0.15, 0.2) is 0 Å². The summed E-state index contributed by atoms with van der Waals surface area (Å²) in [4.78, 5) is 41.9. The van der Waals surface area contributed by atoms with Crippen molar-refractivity contribution in [1.82, 2.24) is 29.2 Å². The minimum Gasteiger partial charge on any atom is -0.348 e. The van der Waals surface area contributed by atoms with E-state index >= 15 is 0 Å². The summed E-state index contributed by atoms with van der Waals surface area (Å²) in [6, 6.07) is 5.71. The number of imidazole rings is 2. The van der Waals surface area contributed by atoms with Crippen LogP contribution in [0.25, 0.3) is 5.65 Å². The van der Waals surface area contributed by atoms with Crippen LogP contribution in [0, 0.1) is 0 Å². The zero-order valence-corrected chi connectivity index (χ0v) is 16.5. The minimum atomic E-state index is -0.420. The summed E-state index contributed by atoms with van der Waals surface area (Å²) in [5.74, 6) is 0.0914. The first-order valence-corrected chi connectivity index (χ1v) is 10.2. The van der Waals surface area contributed by atoms with E-state index < -0.39 is 5.54 Å². The molecule has 5 rings (SSSR count). The van der Waals surface area contributed by atoms with Crippen molar-refractivity contribution in [2.75, 3.05) is 19.6 Å². The fourth-order valence-corrected chi connectivity index (χ4v) is 4.82. The summed E-state index contributed by atoms with van der Waals surface area (Å²) in [6.07, 6.45) is 8.05. The van der Waals surface area contributed by atoms with E-state index in [4.69, 9.17) is 0 Å². The van der Waals surface area contributed by atoms with Crippen LogP contribution in [-0.4, -0.2) is 60.6 Å². The van der Waals surface area contributed by atoms with Crippen LogP contribution in [0.15, 0.2) is 36.9 Å². The lowest BCUT2D eigenvalue weighted by molar-refractivity contribution is -0.141. The van der Waals surface area contributed by atoms with Crippen LogP contribution in [-0.2, 0) is 16.8 Å². The number of rotatable bonds is 2. The summed E-state index contributed by atoms with van der Waals surface area (Å²) in [5.41, 5.74) is 2.89. The summed E-state index contributed by atoms with van der Waals surface area (Å²) < 4.78 is 1.86. The van der Waals surface area contributed by atoms with Gasteiger partial charge in [-0.2, -0.15) is 0 Å². The second-order valence-corrected chi connectivity index (χ2v) is 7.79. The van der Waals surface area contributed by atoms with Crippen LogP contribution in [0.5, 0.6) is 0 Å². The van der Waals surface area contributed by atoms with E-state index in [-0.39, 0.29) is 11.8 Å². The highest BCUT2D eigenvalue weighted by Gasteiger charge is 2.48. The van der Waals surface area contributed by atoms with Gasteiger partial charge in [0.1, 0.15) is 11.3 Å². The van der Waals surface area contributed by atoms with Crippen LogP contribution < -0.4 is 0 Å². The quantitative estimate of drug-likeness (QED) is 0.723. The van der Waals surface area contributed by atoms with Gasteiger partial charge in [-0.25, -0.2) is 9.97 Å². The number of amides is 2. The molecule has 0 atom stereocenters. The third-order valence-electron chi connectivity index (χ3n) is 6.33. The Bertz CT molecular complexity index is 1040. The molecule has 0 aromatic carbocycles. The van der Waals surface area contributed by atoms with E-state index in [1.807, 2.05) is 45.5 Å². The van der Waals surface area contributed by atoms with Crippen molar-refractivity contribution < 1.29 is 9.59 Å². The number of piperidine rings is 1. The SMILES string of the molecule is CCC(=O)N1CCc2[nH]cnc2C12CCN(C(=O)c1cn3ccccc3n1)CC2. The molecule has 150 valence electrons. The van der Waals surface area contributed by atoms with Gasteiger partial charge in [0, 0.05) is 50.6 Å². The molecule has 0 aliphatic carbocycles. The lowest BCUT2D eigenvalue weighted by Crippen LogP contribution is -2.58. The molecule has 1 N–H and O–H groups in total. The average Bonchev–Trinajstić information content (AvgIpc) is 3.41. The molecule has 1 spiro atoms. The first-order chi connectivity index (χ1) is 14.1. The molecule has 0 unspecified atom stereocenters. The molecule has 8 nitrogen and oxygen atoms in total. The molecule has 29 heavy (non-hydrogen) atoms. The fourth-order valence-electron chi connectivity index (χ4n) is 4.82. The Hall–Kier alpha value is -3.16. The third-order valence-corrected chi connectivity index (χ3v) is 6.33. The van der Waals surface area contributed by atoms with Crippen molar-refractivity contribution in [1.29, 1.82) is 0 Å². The number of nitrogens with zero attached hydrogens (tertiary/aromatic N) is 5. The number of likely N-dealkylation sites (tertiary alicyclic amines) is 1. The van der Waals surface area contributed by atoms with E-state index in [2.05, 4.69) is 15.0 Å². The first kappa shape index (κ1) is 17.9. The fraction of sp³-hybridized carbons (Fsp3) is 0.429. The molecule has 8 heteroatoms. The highest BCUT2D eigenvalue weighted by atomic mass is 16.2. The molecule has 2 aliphatic heterocycles. The number of pyridine rings is 1. The largest absolute Gasteiger partial charge is 0.348 e. The van der Waals surface area contributed by atoms with Gasteiger partial charge < -0.3 is 19.2 Å². The van der Waals surface area contributed by atoms with Crippen LogP contribution >= 0.6 is 0 Å². The van der Waals surface area contributed by atoms with Gasteiger partial charge in [0.05, 0.1) is 17.6 Å². The second kappa shape index (κ2) is 6.72. The maximum absolute atomic E-state index is 13.1. The van der Waals surface area contributed by atoms with Gasteiger partial charge in [-0.15, -0.1) is 0 Å². The lowest BCUT2D eigenvalue weighted by atomic mass is 9.78. The van der Waals surface area contributed by atoms with E-state index in [1.54, 1.807) is 12.5 Å². The normalized spacial score (nSPS) is 18.2. The van der Waals surface area contributed by atoms with Crippen LogP contribution in [0.4, 0.5) is 0 Å². The number of hydrogen-bond donors (Lipinski definition) is 1. The number of aromatic nitrogens is 4. The predicted molar refractivity (Wildman–Crippen MR) is 106 cm³/mol. The first-order valence-electron chi connectivity index (χ1n) is 10.2. The average molecular weight is 392 g/mol. The number of fused-ring (bicyclic) bond motifs is 3. The number of hydrogen-bond acceptors (Lipinski definition) is 4. The number of aromatic amines is 1. The summed E-state index contributed by atoms with van der Waals surface area (Å²) in [6.45, 7) is 3.75. The zero-order chi connectivity index (χ0) is 20.0. The van der Waals surface area contributed by atoms with E-state index in [0.717, 1.165) is 23.5 Å². The van der Waals surface area contributed by atoms with Crippen molar-refractivity contribution >= 4 is 17.5 Å². The molecule has 0 radical (unpaired) electrons. The van der Waals surface area contributed by atoms with Crippen molar-refractivity contribution in [2.45, 2.75) is 38.1 Å². The zero-order valence-electron chi connectivity index (χ0n) is 16.5. The van der Waals surface area contributed by atoms with Gasteiger partial charge >= 0.3 is 0 Å². The van der Waals surface area contributed by atoms with Crippen molar-refractivity contribution in [2.24, 2.45) is 0 Å². The predicted octanol–water partition coefficient (Wildman–Crippen LogP) is 1.98. The summed E-state index contributed by atoms with van der Waals surface area (Å²) in [5, 5.41) is 0. The molecule has 5 heterocycles. The van der Waals surface area contributed by atoms with Crippen LogP contribution in [0.2, 0.25) is 0 Å². The van der Waals surface area contributed by atoms with Gasteiger partial charge in [-0.1, -0.05) is 13.0 Å². The molecular weight excluding hydrogens is 368 g/mol. The highest BCUT2D eigenvalue weighted by molar-refractivity contribution is 5.93. The number of H-pyrrole nitrogens is 1. The molecule has 1 fully saturated rings. The number of nitrogens with one attached hydrogen (secondary N) is 1. The van der Waals surface area contributed by atoms with Gasteiger partial charge in [-0.3, -0.25) is 9.59 Å². The Balaban J connectivity index is 1.41. The third kappa shape index (κ3) is 2.73. The van der Waals surface area contributed by atoms with Gasteiger partial charge in [0.25, 0.3) is 5.91 Å². The Morgan fingerprint density at radius 2 is 2.03 bits per heavy atom. The Morgan fingerprint density at radius 1 is 1.21 bits per heavy atom. The number of carbonyl (C=O) groups is 2. The Labute approximate surface area is 168 Å². The monoisotopic (exact) mass is 392 g/mol. The molecular formula is C21H24N6O2. The highest BCUT2D eigenvalue weighted by Crippen LogP contribution is 2.42. The van der Waals surface area contributed by atoms with Crippen LogP contribution in [0.3, 0.4) is 0 Å². The maximum atomic E-state index is 13.1.